The van der Waals surface area contributed by atoms with Gasteiger partial charge in [-0.1, -0.05) is 0 Å². The van der Waals surface area contributed by atoms with E-state index < -0.39 is 15.6 Å². The van der Waals surface area contributed by atoms with Crippen LogP contribution in [0.25, 0.3) is 0 Å². The highest BCUT2D eigenvalue weighted by atomic mass is 32.2. The lowest BCUT2D eigenvalue weighted by molar-refractivity contribution is -0.119. The molecular formula is C17H29N5O3S. The van der Waals surface area contributed by atoms with E-state index in [1.807, 2.05) is 13.8 Å². The number of aromatic nitrogens is 2. The molecule has 1 unspecified atom stereocenters. The Morgan fingerprint density at radius 3 is 2.58 bits per heavy atom. The Morgan fingerprint density at radius 1 is 1.38 bits per heavy atom. The number of piperidine rings is 1. The van der Waals surface area contributed by atoms with Gasteiger partial charge in [0, 0.05) is 37.3 Å². The fourth-order valence-corrected chi connectivity index (χ4v) is 6.24. The van der Waals surface area contributed by atoms with Crippen molar-refractivity contribution in [1.82, 2.24) is 24.7 Å². The number of sulfonamides is 1. The highest BCUT2D eigenvalue weighted by Crippen LogP contribution is 2.41. The molecule has 8 nitrogen and oxygen atoms in total. The normalized spacial score (nSPS) is 23.7. The predicted octanol–water partition coefficient (Wildman–Crippen LogP) is 0.794. The molecule has 1 spiro atoms. The molecule has 1 aromatic rings. The standard InChI is InChI=1S/C17H29N5O3S/c1-12(2)21-11-16(13(3)20-21)26(24,25)22-10-15(19-14(4)23)9-17(22)5-7-18-8-6-17/h11-12,15,18H,5-10H2,1-4H3,(H,19,23). The van der Waals surface area contributed by atoms with Gasteiger partial charge in [-0.3, -0.25) is 9.48 Å². The van der Waals surface area contributed by atoms with E-state index in [2.05, 4.69) is 15.7 Å². The van der Waals surface area contributed by atoms with Crippen LogP contribution in [0.5, 0.6) is 0 Å². The molecule has 1 amide bonds. The first-order valence-electron chi connectivity index (χ1n) is 9.22. The van der Waals surface area contributed by atoms with Gasteiger partial charge in [0.15, 0.2) is 0 Å². The van der Waals surface area contributed by atoms with Crippen molar-refractivity contribution >= 4 is 15.9 Å². The van der Waals surface area contributed by atoms with Crippen LogP contribution in [0.1, 0.15) is 51.8 Å². The van der Waals surface area contributed by atoms with Gasteiger partial charge < -0.3 is 10.6 Å². The van der Waals surface area contributed by atoms with Crippen LogP contribution in [0.2, 0.25) is 0 Å². The Hall–Kier alpha value is -1.45. The maximum atomic E-state index is 13.5. The molecule has 0 saturated carbocycles. The lowest BCUT2D eigenvalue weighted by atomic mass is 9.86. The first-order chi connectivity index (χ1) is 12.2. The van der Waals surface area contributed by atoms with Crippen molar-refractivity contribution in [2.24, 2.45) is 0 Å². The predicted molar refractivity (Wildman–Crippen MR) is 98.3 cm³/mol. The van der Waals surface area contributed by atoms with Crippen LogP contribution in [-0.2, 0) is 14.8 Å². The van der Waals surface area contributed by atoms with Gasteiger partial charge in [-0.25, -0.2) is 8.42 Å². The molecule has 0 aliphatic carbocycles. The highest BCUT2D eigenvalue weighted by Gasteiger charge is 2.52. The SMILES string of the molecule is CC(=O)NC1CN(S(=O)(=O)c2cn(C(C)C)nc2C)C2(CCNCC2)C1. The van der Waals surface area contributed by atoms with Gasteiger partial charge in [-0.15, -0.1) is 0 Å². The molecule has 26 heavy (non-hydrogen) atoms. The fraction of sp³-hybridized carbons (Fsp3) is 0.765. The molecule has 1 atom stereocenters. The Labute approximate surface area is 155 Å². The third-order valence-corrected chi connectivity index (χ3v) is 7.53. The van der Waals surface area contributed by atoms with Crippen LogP contribution < -0.4 is 10.6 Å². The summed E-state index contributed by atoms with van der Waals surface area (Å²) in [5, 5.41) is 10.6. The number of aryl methyl sites for hydroxylation is 1. The molecule has 146 valence electrons. The number of nitrogens with zero attached hydrogens (tertiary/aromatic N) is 3. The molecule has 2 N–H and O–H groups in total. The number of rotatable bonds is 4. The van der Waals surface area contributed by atoms with Gasteiger partial charge in [0.2, 0.25) is 15.9 Å². The zero-order valence-corrected chi connectivity index (χ0v) is 16.8. The van der Waals surface area contributed by atoms with Gasteiger partial charge in [0.25, 0.3) is 0 Å². The van der Waals surface area contributed by atoms with Gasteiger partial charge in [0.1, 0.15) is 4.90 Å². The van der Waals surface area contributed by atoms with Crippen LogP contribution in [0, 0.1) is 6.92 Å². The largest absolute Gasteiger partial charge is 0.352 e. The summed E-state index contributed by atoms with van der Waals surface area (Å²) in [6.07, 6.45) is 3.79. The van der Waals surface area contributed by atoms with Crippen molar-refractivity contribution in [2.75, 3.05) is 19.6 Å². The topological polar surface area (TPSA) is 96.3 Å². The van der Waals surface area contributed by atoms with E-state index in [0.717, 1.165) is 25.9 Å². The van der Waals surface area contributed by atoms with E-state index in [9.17, 15) is 13.2 Å². The second-order valence-corrected chi connectivity index (χ2v) is 9.60. The van der Waals surface area contributed by atoms with E-state index in [0.29, 0.717) is 18.7 Å². The first kappa shape index (κ1) is 19.3. The minimum Gasteiger partial charge on any atom is -0.352 e. The third-order valence-electron chi connectivity index (χ3n) is 5.45. The second kappa shape index (κ2) is 6.94. The summed E-state index contributed by atoms with van der Waals surface area (Å²) >= 11 is 0. The van der Waals surface area contributed by atoms with E-state index in [1.54, 1.807) is 22.1 Å². The molecule has 0 bridgehead atoms. The molecule has 0 aromatic carbocycles. The van der Waals surface area contributed by atoms with Crippen molar-refractivity contribution < 1.29 is 13.2 Å². The number of hydrogen-bond donors (Lipinski definition) is 2. The van der Waals surface area contributed by atoms with Crippen LogP contribution in [-0.4, -0.2) is 59.6 Å². The number of hydrogen-bond acceptors (Lipinski definition) is 5. The summed E-state index contributed by atoms with van der Waals surface area (Å²) in [4.78, 5) is 11.8. The Kier molecular flexibility index (Phi) is 5.15. The second-order valence-electron chi connectivity index (χ2n) is 7.76. The molecule has 0 radical (unpaired) electrons. The van der Waals surface area contributed by atoms with E-state index >= 15 is 0 Å². The number of carbonyl (C=O) groups excluding carboxylic acids is 1. The molecule has 2 aliphatic heterocycles. The monoisotopic (exact) mass is 383 g/mol. The summed E-state index contributed by atoms with van der Waals surface area (Å²) in [5.41, 5.74) is 0.0783. The zero-order chi connectivity index (χ0) is 19.1. The van der Waals surface area contributed by atoms with Crippen molar-refractivity contribution in [1.29, 1.82) is 0 Å². The Balaban J connectivity index is 1.99. The van der Waals surface area contributed by atoms with Crippen LogP contribution >= 0.6 is 0 Å². The molecule has 9 heteroatoms. The lowest BCUT2D eigenvalue weighted by Gasteiger charge is -2.40. The molecular weight excluding hydrogens is 354 g/mol. The molecule has 2 saturated heterocycles. The fourth-order valence-electron chi connectivity index (χ4n) is 4.20. The van der Waals surface area contributed by atoms with E-state index in [-0.39, 0.29) is 22.9 Å². The van der Waals surface area contributed by atoms with Gasteiger partial charge in [0.05, 0.1) is 5.69 Å². The molecule has 2 fully saturated rings. The van der Waals surface area contributed by atoms with E-state index in [1.165, 1.54) is 6.92 Å². The summed E-state index contributed by atoms with van der Waals surface area (Å²) < 4.78 is 30.4. The summed E-state index contributed by atoms with van der Waals surface area (Å²) in [6.45, 7) is 9.03. The average molecular weight is 384 g/mol. The Morgan fingerprint density at radius 2 is 2.04 bits per heavy atom. The van der Waals surface area contributed by atoms with Crippen LogP contribution in [0.3, 0.4) is 0 Å². The van der Waals surface area contributed by atoms with E-state index in [4.69, 9.17) is 0 Å². The quantitative estimate of drug-likeness (QED) is 0.801. The van der Waals surface area contributed by atoms with Crippen molar-refractivity contribution in [3.8, 4) is 0 Å². The Bertz CT molecular complexity index is 780. The average Bonchev–Trinajstić information content (AvgIpc) is 3.10. The smallest absolute Gasteiger partial charge is 0.247 e. The number of carbonyl (C=O) groups is 1. The van der Waals surface area contributed by atoms with Crippen molar-refractivity contribution in [2.45, 2.75) is 69.5 Å². The van der Waals surface area contributed by atoms with Gasteiger partial charge in [-0.05, 0) is 53.1 Å². The maximum Gasteiger partial charge on any atom is 0.247 e. The van der Waals surface area contributed by atoms with Crippen molar-refractivity contribution in [3.63, 3.8) is 0 Å². The number of nitrogens with one attached hydrogen (secondary N) is 2. The summed E-state index contributed by atoms with van der Waals surface area (Å²) in [5.74, 6) is -0.123. The van der Waals surface area contributed by atoms with Gasteiger partial charge in [-0.2, -0.15) is 9.40 Å². The lowest BCUT2D eigenvalue weighted by Crippen LogP contribution is -2.53. The minimum absolute atomic E-state index is 0.0937. The molecule has 1 aromatic heterocycles. The highest BCUT2D eigenvalue weighted by molar-refractivity contribution is 7.89. The summed E-state index contributed by atoms with van der Waals surface area (Å²) in [6, 6.07) is -0.0583. The third kappa shape index (κ3) is 3.39. The molecule has 2 aliphatic rings. The van der Waals surface area contributed by atoms with Crippen LogP contribution in [0.4, 0.5) is 0 Å². The zero-order valence-electron chi connectivity index (χ0n) is 15.9. The van der Waals surface area contributed by atoms with Crippen LogP contribution in [0.15, 0.2) is 11.1 Å². The van der Waals surface area contributed by atoms with Crippen molar-refractivity contribution in [3.05, 3.63) is 11.9 Å². The minimum atomic E-state index is -3.69. The molecule has 3 rings (SSSR count). The number of amides is 1. The summed E-state index contributed by atoms with van der Waals surface area (Å²) in [7, 11) is -3.69. The molecule has 3 heterocycles. The first-order valence-corrected chi connectivity index (χ1v) is 10.7. The van der Waals surface area contributed by atoms with Gasteiger partial charge >= 0.3 is 0 Å². The maximum absolute atomic E-state index is 13.5.